The minimum Gasteiger partial charge on any atom is -0.744 e. The first-order valence-electron chi connectivity index (χ1n) is 5.05. The van der Waals surface area contributed by atoms with Crippen molar-refractivity contribution in [1.29, 1.82) is 0 Å². The van der Waals surface area contributed by atoms with Gasteiger partial charge in [-0.15, -0.1) is 0 Å². The van der Waals surface area contributed by atoms with Crippen LogP contribution in [0.2, 0.25) is 0 Å². The van der Waals surface area contributed by atoms with Gasteiger partial charge in [-0.25, -0.2) is 8.42 Å². The summed E-state index contributed by atoms with van der Waals surface area (Å²) in [6.07, 6.45) is 0. The Bertz CT molecular complexity index is 720. The normalized spacial score (nSPS) is 10.8. The van der Waals surface area contributed by atoms with Gasteiger partial charge < -0.3 is 9.81 Å². The van der Waals surface area contributed by atoms with E-state index in [1.165, 1.54) is 0 Å². The predicted octanol–water partition coefficient (Wildman–Crippen LogP) is -4.71. The third kappa shape index (κ3) is 5.76. The second-order valence-corrected chi connectivity index (χ2v) is 5.94. The van der Waals surface area contributed by atoms with Gasteiger partial charge in [0.1, 0.15) is 10.1 Å². The van der Waals surface area contributed by atoms with Crippen molar-refractivity contribution in [3.05, 3.63) is 35.9 Å². The molecule has 102 valence electrons. The molecule has 0 saturated carbocycles. The second kappa shape index (κ2) is 9.21. The Labute approximate surface area is 170 Å². The van der Waals surface area contributed by atoms with E-state index in [9.17, 15) is 18.2 Å². The Morgan fingerprint density at radius 1 is 1.14 bits per heavy atom. The summed E-state index contributed by atoms with van der Waals surface area (Å²) in [5.74, 6) is 0. The molecule has 0 atom stereocenters. The van der Waals surface area contributed by atoms with Crippen LogP contribution in [0.25, 0.3) is 10.8 Å². The number of fused-ring (bicyclic) bond motifs is 1. The second-order valence-electron chi connectivity index (χ2n) is 3.82. The van der Waals surface area contributed by atoms with Crippen molar-refractivity contribution in [3.8, 4) is 0 Å². The summed E-state index contributed by atoms with van der Waals surface area (Å²) < 4.78 is 38.0. The minimum absolute atomic E-state index is 0. The molecule has 0 unspecified atom stereocenters. The zero-order chi connectivity index (χ0) is 14.0. The summed E-state index contributed by atoms with van der Waals surface area (Å²) in [6, 6.07) is 7.81. The number of hydrogen-bond donors (Lipinski definition) is 0. The van der Waals surface area contributed by atoms with E-state index >= 15 is 0 Å². The van der Waals surface area contributed by atoms with Crippen LogP contribution in [0.5, 0.6) is 0 Å². The minimum atomic E-state index is -4.63. The van der Waals surface area contributed by atoms with Gasteiger partial charge >= 0.3 is 59.1 Å². The van der Waals surface area contributed by atoms with Crippen molar-refractivity contribution >= 4 is 32.9 Å². The molecule has 0 radical (unpaired) electrons. The van der Waals surface area contributed by atoms with Crippen LogP contribution < -0.4 is 64.4 Å². The van der Waals surface area contributed by atoms with Crippen molar-refractivity contribution in [2.24, 2.45) is 0 Å². The maximum atomic E-state index is 11.3. The summed E-state index contributed by atoms with van der Waals surface area (Å²) in [5, 5.41) is 13.8. The molecular weight excluding hydrogens is 338 g/mol. The van der Waals surface area contributed by atoms with Gasteiger partial charge in [-0.1, -0.05) is 23.8 Å². The Morgan fingerprint density at radius 3 is 2.38 bits per heavy atom. The summed E-state index contributed by atoms with van der Waals surface area (Å²) >= 11 is 0.532. The van der Waals surface area contributed by atoms with Crippen LogP contribution in [0, 0.1) is 6.92 Å². The molecule has 0 fully saturated rings. The Hall–Kier alpha value is 0.840. The van der Waals surface area contributed by atoms with Gasteiger partial charge in [-0.2, -0.15) is 4.33 Å². The van der Waals surface area contributed by atoms with Crippen LogP contribution in [0.1, 0.15) is 5.56 Å². The first-order valence-corrected chi connectivity index (χ1v) is 7.20. The van der Waals surface area contributed by atoms with Gasteiger partial charge in [0, 0.05) is 4.90 Å². The molecule has 0 spiro atoms. The molecule has 2 aromatic rings. The standard InChI is InChI=1S/C11H10O6S2.2Na/c1-7-2-3-8-5-9(18-17-16-12)6-11(10(8)4-7)19(13,14)15;;/h2-6,12H,1H3,(H,13,14,15);;/q;2*+1/p-2. The topological polar surface area (TPSA) is 98.7 Å². The van der Waals surface area contributed by atoms with Crippen molar-refractivity contribution < 1.29 is 86.7 Å². The molecule has 0 amide bonds. The Kier molecular flexibility index (Phi) is 9.58. The molecule has 6 nitrogen and oxygen atoms in total. The molecular formula is C11H8Na2O6S2. The summed E-state index contributed by atoms with van der Waals surface area (Å²) in [7, 11) is -4.63. The average Bonchev–Trinajstić information content (AvgIpc) is 2.34. The molecule has 0 saturated heterocycles. The van der Waals surface area contributed by atoms with Gasteiger partial charge in [-0.3, -0.25) is 5.04 Å². The Balaban J connectivity index is 0.00000200. The van der Waals surface area contributed by atoms with Crippen molar-refractivity contribution in [3.63, 3.8) is 0 Å². The number of hydrogen-bond acceptors (Lipinski definition) is 7. The van der Waals surface area contributed by atoms with E-state index in [-0.39, 0.29) is 68.9 Å². The van der Waals surface area contributed by atoms with Gasteiger partial charge in [0.05, 0.1) is 16.9 Å². The third-order valence-corrected chi connectivity index (χ3v) is 3.90. The fourth-order valence-corrected chi connectivity index (χ4v) is 2.96. The molecule has 0 aliphatic rings. The average molecular weight is 346 g/mol. The van der Waals surface area contributed by atoms with Crippen LogP contribution >= 0.6 is 12.0 Å². The first kappa shape index (κ1) is 21.8. The van der Waals surface area contributed by atoms with Crippen LogP contribution in [-0.4, -0.2) is 13.0 Å². The SMILES string of the molecule is Cc1ccc2cc(SOO[O-])cc(S(=O)(=O)[O-])c2c1.[Na+].[Na+]. The molecule has 0 aliphatic carbocycles. The molecule has 2 rings (SSSR count). The largest absolute Gasteiger partial charge is 1.00 e. The van der Waals surface area contributed by atoms with E-state index < -0.39 is 10.1 Å². The van der Waals surface area contributed by atoms with Gasteiger partial charge in [0.25, 0.3) is 0 Å². The molecule has 10 heteroatoms. The van der Waals surface area contributed by atoms with Crippen molar-refractivity contribution in [2.75, 3.05) is 0 Å². The zero-order valence-electron chi connectivity index (χ0n) is 11.7. The van der Waals surface area contributed by atoms with Crippen LogP contribution in [-0.2, 0) is 19.5 Å². The van der Waals surface area contributed by atoms with Crippen LogP contribution in [0.15, 0.2) is 40.1 Å². The number of aryl methyl sites for hydroxylation is 1. The van der Waals surface area contributed by atoms with Crippen molar-refractivity contribution in [1.82, 2.24) is 0 Å². The van der Waals surface area contributed by atoms with Gasteiger partial charge in [0.2, 0.25) is 0 Å². The zero-order valence-corrected chi connectivity index (χ0v) is 17.3. The van der Waals surface area contributed by atoms with Gasteiger partial charge in [-0.05, 0) is 29.8 Å². The van der Waals surface area contributed by atoms with E-state index in [4.69, 9.17) is 0 Å². The molecule has 0 N–H and O–H groups in total. The molecule has 0 bridgehead atoms. The van der Waals surface area contributed by atoms with E-state index in [1.807, 2.05) is 0 Å². The fourth-order valence-electron chi connectivity index (χ4n) is 1.72. The smallest absolute Gasteiger partial charge is 0.744 e. The maximum Gasteiger partial charge on any atom is 1.00 e. The molecule has 0 aromatic heterocycles. The Morgan fingerprint density at radius 2 is 1.81 bits per heavy atom. The molecule has 21 heavy (non-hydrogen) atoms. The van der Waals surface area contributed by atoms with E-state index in [2.05, 4.69) is 9.37 Å². The predicted molar refractivity (Wildman–Crippen MR) is 64.7 cm³/mol. The first-order chi connectivity index (χ1) is 8.91. The summed E-state index contributed by atoms with van der Waals surface area (Å²) in [4.78, 5) is -0.0765. The van der Waals surface area contributed by atoms with Crippen LogP contribution in [0.3, 0.4) is 0 Å². The summed E-state index contributed by atoms with van der Waals surface area (Å²) in [6.45, 7) is 1.79. The number of benzene rings is 2. The molecule has 2 aromatic carbocycles. The summed E-state index contributed by atoms with van der Waals surface area (Å²) in [5.41, 5.74) is 0.831. The van der Waals surface area contributed by atoms with E-state index in [0.717, 1.165) is 11.6 Å². The van der Waals surface area contributed by atoms with Crippen molar-refractivity contribution in [2.45, 2.75) is 16.7 Å². The van der Waals surface area contributed by atoms with E-state index in [1.54, 1.807) is 31.2 Å². The maximum absolute atomic E-state index is 11.3. The third-order valence-electron chi connectivity index (χ3n) is 2.47. The fraction of sp³-hybridized carbons (Fsp3) is 0.0909. The van der Waals surface area contributed by atoms with Gasteiger partial charge in [0.15, 0.2) is 0 Å². The van der Waals surface area contributed by atoms with E-state index in [0.29, 0.717) is 22.8 Å². The van der Waals surface area contributed by atoms with Crippen LogP contribution in [0.4, 0.5) is 0 Å². The molecule has 0 heterocycles. The number of rotatable bonds is 4. The quantitative estimate of drug-likeness (QED) is 0.180. The monoisotopic (exact) mass is 346 g/mol. The molecule has 0 aliphatic heterocycles.